The van der Waals surface area contributed by atoms with E-state index in [4.69, 9.17) is 16.3 Å². The molecule has 2 heterocycles. The fraction of sp³-hybridized carbons (Fsp3) is 0.200. The second kappa shape index (κ2) is 7.11. The highest BCUT2D eigenvalue weighted by atomic mass is 35.5. The van der Waals surface area contributed by atoms with Crippen molar-refractivity contribution in [2.24, 2.45) is 0 Å². The molecule has 1 aromatic carbocycles. The lowest BCUT2D eigenvalue weighted by atomic mass is 10.3. The average Bonchev–Trinajstić information content (AvgIpc) is 2.97. The fourth-order valence-electron chi connectivity index (χ4n) is 1.79. The van der Waals surface area contributed by atoms with E-state index in [1.165, 1.54) is 0 Å². The maximum Gasteiger partial charge on any atom is 0.190 e. The Labute approximate surface area is 136 Å². The van der Waals surface area contributed by atoms with Crippen LogP contribution in [0.5, 0.6) is 5.75 Å². The van der Waals surface area contributed by atoms with Crippen LogP contribution in [0.25, 0.3) is 10.2 Å². The average molecular weight is 337 g/mol. The minimum absolute atomic E-state index is 0.532. The Balaban J connectivity index is 1.48. The zero-order chi connectivity index (χ0) is 14.5. The van der Waals surface area contributed by atoms with Crippen molar-refractivity contribution in [2.75, 3.05) is 12.4 Å². The van der Waals surface area contributed by atoms with Crippen molar-refractivity contribution in [3.8, 4) is 5.75 Å². The lowest BCUT2D eigenvalue weighted by Crippen LogP contribution is -1.99. The Kier molecular flexibility index (Phi) is 4.95. The Morgan fingerprint density at radius 3 is 2.86 bits per heavy atom. The summed E-state index contributed by atoms with van der Waals surface area (Å²) < 4.78 is 5.65. The molecule has 0 atom stereocenters. The molecule has 0 spiro atoms. The lowest BCUT2D eigenvalue weighted by Gasteiger charge is -2.05. The third kappa shape index (κ3) is 3.87. The maximum absolute atomic E-state index is 6.14. The molecule has 0 N–H and O–H groups in total. The van der Waals surface area contributed by atoms with Gasteiger partial charge in [0.1, 0.15) is 15.7 Å². The molecule has 21 heavy (non-hydrogen) atoms. The minimum Gasteiger partial charge on any atom is -0.494 e. The molecule has 0 radical (unpaired) electrons. The van der Waals surface area contributed by atoms with E-state index < -0.39 is 0 Å². The van der Waals surface area contributed by atoms with Gasteiger partial charge < -0.3 is 4.74 Å². The van der Waals surface area contributed by atoms with Crippen LogP contribution in [0.15, 0.2) is 46.9 Å². The molecule has 3 rings (SSSR count). The molecular weight excluding hydrogens is 324 g/mol. The number of hydrogen-bond acceptors (Lipinski definition) is 5. The molecule has 0 saturated carbocycles. The van der Waals surface area contributed by atoms with E-state index in [-0.39, 0.29) is 0 Å². The van der Waals surface area contributed by atoms with Crippen molar-refractivity contribution in [1.29, 1.82) is 0 Å². The number of rotatable bonds is 6. The Hall–Kier alpha value is -1.30. The van der Waals surface area contributed by atoms with Crippen molar-refractivity contribution in [2.45, 2.75) is 11.6 Å². The van der Waals surface area contributed by atoms with Crippen LogP contribution in [-0.2, 0) is 0 Å². The van der Waals surface area contributed by atoms with Gasteiger partial charge in [-0.2, -0.15) is 0 Å². The van der Waals surface area contributed by atoms with Gasteiger partial charge in [0.2, 0.25) is 0 Å². The van der Waals surface area contributed by atoms with E-state index in [0.29, 0.717) is 11.8 Å². The highest BCUT2D eigenvalue weighted by molar-refractivity contribution is 7.99. The van der Waals surface area contributed by atoms with E-state index in [1.54, 1.807) is 23.1 Å². The van der Waals surface area contributed by atoms with Crippen molar-refractivity contribution >= 4 is 44.9 Å². The lowest BCUT2D eigenvalue weighted by molar-refractivity contribution is 0.318. The van der Waals surface area contributed by atoms with Gasteiger partial charge in [0.15, 0.2) is 5.16 Å². The van der Waals surface area contributed by atoms with Gasteiger partial charge >= 0.3 is 0 Å². The second-order valence-corrected chi connectivity index (χ2v) is 6.61. The molecule has 0 unspecified atom stereocenters. The summed E-state index contributed by atoms with van der Waals surface area (Å²) in [6.07, 6.45) is 0.934. The molecule has 3 nitrogen and oxygen atoms in total. The highest BCUT2D eigenvalue weighted by Crippen LogP contribution is 2.27. The second-order valence-electron chi connectivity index (χ2n) is 4.30. The van der Waals surface area contributed by atoms with Crippen LogP contribution < -0.4 is 4.74 Å². The van der Waals surface area contributed by atoms with Gasteiger partial charge in [-0.3, -0.25) is 0 Å². The highest BCUT2D eigenvalue weighted by Gasteiger charge is 2.07. The number of benzene rings is 1. The van der Waals surface area contributed by atoms with Gasteiger partial charge in [-0.15, -0.1) is 11.3 Å². The maximum atomic E-state index is 6.14. The first kappa shape index (κ1) is 14.6. The SMILES string of the molecule is Clc1nc(SCCCOc2ccccc2)nc2sccc12. The summed E-state index contributed by atoms with van der Waals surface area (Å²) in [5.74, 6) is 1.81. The summed E-state index contributed by atoms with van der Waals surface area (Å²) in [7, 11) is 0. The van der Waals surface area contributed by atoms with Crippen molar-refractivity contribution < 1.29 is 4.74 Å². The number of thiophene rings is 1. The molecule has 0 fully saturated rings. The van der Waals surface area contributed by atoms with Crippen molar-refractivity contribution in [3.63, 3.8) is 0 Å². The molecule has 2 aromatic heterocycles. The molecule has 6 heteroatoms. The minimum atomic E-state index is 0.532. The van der Waals surface area contributed by atoms with Crippen LogP contribution >= 0.6 is 34.7 Å². The molecule has 0 bridgehead atoms. The normalized spacial score (nSPS) is 10.9. The topological polar surface area (TPSA) is 35.0 Å². The summed E-state index contributed by atoms with van der Waals surface area (Å²) in [6.45, 7) is 0.686. The Morgan fingerprint density at radius 1 is 1.14 bits per heavy atom. The molecular formula is C15H13ClN2OS2. The van der Waals surface area contributed by atoms with Gasteiger partial charge in [0, 0.05) is 11.1 Å². The summed E-state index contributed by atoms with van der Waals surface area (Å²) in [5, 5.41) is 4.17. The Morgan fingerprint density at radius 2 is 2.00 bits per heavy atom. The van der Waals surface area contributed by atoms with Crippen LogP contribution in [-0.4, -0.2) is 22.3 Å². The number of thioether (sulfide) groups is 1. The van der Waals surface area contributed by atoms with Crippen LogP contribution in [0, 0.1) is 0 Å². The first-order chi connectivity index (χ1) is 10.3. The van der Waals surface area contributed by atoms with E-state index >= 15 is 0 Å². The van der Waals surface area contributed by atoms with Crippen molar-refractivity contribution in [1.82, 2.24) is 9.97 Å². The number of ether oxygens (including phenoxy) is 1. The molecule has 0 aliphatic rings. The van der Waals surface area contributed by atoms with Crippen LogP contribution in [0.1, 0.15) is 6.42 Å². The monoisotopic (exact) mass is 336 g/mol. The van der Waals surface area contributed by atoms with Crippen LogP contribution in [0.4, 0.5) is 0 Å². The standard InChI is InChI=1S/C15H13ClN2OS2/c16-13-12-7-10-20-14(12)18-15(17-13)21-9-4-8-19-11-5-2-1-3-6-11/h1-3,5-7,10H,4,8-9H2. The number of fused-ring (bicyclic) bond motifs is 1. The molecule has 3 aromatic rings. The third-order valence-electron chi connectivity index (χ3n) is 2.79. The number of aromatic nitrogens is 2. The Bertz CT molecular complexity index is 718. The summed E-state index contributed by atoms with van der Waals surface area (Å²) >= 11 is 9.33. The first-order valence-corrected chi connectivity index (χ1v) is 8.78. The van der Waals surface area contributed by atoms with E-state index in [0.717, 1.165) is 33.3 Å². The zero-order valence-corrected chi connectivity index (χ0v) is 13.5. The van der Waals surface area contributed by atoms with Gasteiger partial charge in [0.25, 0.3) is 0 Å². The zero-order valence-electron chi connectivity index (χ0n) is 11.2. The molecule has 0 aliphatic heterocycles. The van der Waals surface area contributed by atoms with Gasteiger partial charge in [0.05, 0.1) is 6.61 Å². The summed E-state index contributed by atoms with van der Waals surface area (Å²) in [5.41, 5.74) is 0. The van der Waals surface area contributed by atoms with E-state index in [9.17, 15) is 0 Å². The number of nitrogens with zero attached hydrogens (tertiary/aromatic N) is 2. The van der Waals surface area contributed by atoms with Gasteiger partial charge in [-0.25, -0.2) is 9.97 Å². The van der Waals surface area contributed by atoms with Crippen LogP contribution in [0.2, 0.25) is 5.15 Å². The van der Waals surface area contributed by atoms with Gasteiger partial charge in [-0.1, -0.05) is 41.6 Å². The number of halogens is 1. The largest absolute Gasteiger partial charge is 0.494 e. The predicted molar refractivity (Wildman–Crippen MR) is 89.7 cm³/mol. The van der Waals surface area contributed by atoms with Crippen molar-refractivity contribution in [3.05, 3.63) is 46.9 Å². The van der Waals surface area contributed by atoms with E-state index in [1.807, 2.05) is 41.8 Å². The fourth-order valence-corrected chi connectivity index (χ4v) is 3.71. The predicted octanol–water partition coefficient (Wildman–Crippen LogP) is 4.91. The first-order valence-electron chi connectivity index (χ1n) is 6.54. The smallest absolute Gasteiger partial charge is 0.190 e. The summed E-state index contributed by atoms with van der Waals surface area (Å²) in [4.78, 5) is 9.75. The molecule has 108 valence electrons. The van der Waals surface area contributed by atoms with Gasteiger partial charge in [-0.05, 0) is 30.0 Å². The number of hydrogen-bond donors (Lipinski definition) is 0. The third-order valence-corrected chi connectivity index (χ3v) is 4.82. The molecule has 0 aliphatic carbocycles. The van der Waals surface area contributed by atoms with E-state index in [2.05, 4.69) is 9.97 Å². The molecule has 0 amide bonds. The number of para-hydroxylation sites is 1. The quantitative estimate of drug-likeness (QED) is 0.277. The summed E-state index contributed by atoms with van der Waals surface area (Å²) in [6, 6.07) is 11.8. The molecule has 0 saturated heterocycles. The van der Waals surface area contributed by atoms with Crippen LogP contribution in [0.3, 0.4) is 0 Å².